The number of pyridine rings is 1. The average molecular weight is 551 g/mol. The summed E-state index contributed by atoms with van der Waals surface area (Å²) in [4.78, 5) is 2.86. The maximum absolute atomic E-state index is 2.50. The van der Waals surface area contributed by atoms with E-state index in [0.717, 1.165) is 6.42 Å². The van der Waals surface area contributed by atoms with E-state index in [0.29, 0.717) is 0 Å². The van der Waals surface area contributed by atoms with E-state index in [1.54, 1.807) is 4.40 Å². The van der Waals surface area contributed by atoms with Crippen LogP contribution in [0.15, 0.2) is 70.6 Å². The minimum absolute atomic E-state index is 0.206. The summed E-state index contributed by atoms with van der Waals surface area (Å²) in [5.41, 5.74) is 5.91. The molecule has 0 unspecified atom stereocenters. The molecule has 0 bridgehead atoms. The third-order valence-corrected chi connectivity index (χ3v) is 13.2. The first-order valence-corrected chi connectivity index (χ1v) is 21.2. The molecule has 0 spiro atoms. The fourth-order valence-electron chi connectivity index (χ4n) is 5.98. The molecule has 3 heteroatoms. The van der Waals surface area contributed by atoms with Gasteiger partial charge in [-0.05, 0) is 0 Å². The Morgan fingerprint density at radius 1 is 0.861 bits per heavy atom. The third kappa shape index (κ3) is 3.71. The van der Waals surface area contributed by atoms with Crippen molar-refractivity contribution in [1.82, 2.24) is 0 Å². The van der Waals surface area contributed by atoms with Gasteiger partial charge in [-0.15, -0.1) is 0 Å². The summed E-state index contributed by atoms with van der Waals surface area (Å²) in [6, 6.07) is 21.2. The monoisotopic (exact) mass is 552 g/mol. The third-order valence-electron chi connectivity index (χ3n) is 7.75. The Morgan fingerprint density at radius 2 is 1.58 bits per heavy atom. The van der Waals surface area contributed by atoms with Gasteiger partial charge in [0, 0.05) is 0 Å². The molecule has 5 aromatic rings. The first-order chi connectivity index (χ1) is 16.9. The summed E-state index contributed by atoms with van der Waals surface area (Å²) in [7, 11) is 2.22. The van der Waals surface area contributed by atoms with Gasteiger partial charge in [0.05, 0.1) is 0 Å². The molecule has 182 valence electrons. The van der Waals surface area contributed by atoms with Crippen molar-refractivity contribution >= 4 is 61.7 Å². The average Bonchev–Trinajstić information content (AvgIpc) is 2.81. The van der Waals surface area contributed by atoms with Crippen molar-refractivity contribution in [3.8, 4) is 11.3 Å². The molecular formula is C33H36GeNS+. The van der Waals surface area contributed by atoms with Crippen LogP contribution < -0.4 is 8.96 Å². The van der Waals surface area contributed by atoms with Gasteiger partial charge >= 0.3 is 223 Å². The van der Waals surface area contributed by atoms with Gasteiger partial charge in [0.15, 0.2) is 0 Å². The summed E-state index contributed by atoms with van der Waals surface area (Å²) in [5, 5.41) is 8.36. The van der Waals surface area contributed by atoms with Crippen LogP contribution in [0.5, 0.6) is 0 Å². The number of hydrogen-bond donors (Lipinski definition) is 0. The van der Waals surface area contributed by atoms with Crippen molar-refractivity contribution in [2.24, 2.45) is 12.5 Å². The normalized spacial score (nSPS) is 13.6. The summed E-state index contributed by atoms with van der Waals surface area (Å²) in [6.07, 6.45) is 3.33. The van der Waals surface area contributed by atoms with E-state index in [2.05, 4.69) is 117 Å². The molecule has 0 amide bonds. The van der Waals surface area contributed by atoms with Crippen LogP contribution >= 0.6 is 11.8 Å². The molecule has 6 rings (SSSR count). The second-order valence-corrected chi connectivity index (χ2v) is 24.5. The summed E-state index contributed by atoms with van der Waals surface area (Å²) in [6.45, 7) is 9.42. The topological polar surface area (TPSA) is 3.88 Å². The minimum atomic E-state index is -1.93. The number of rotatable bonds is 2. The van der Waals surface area contributed by atoms with Gasteiger partial charge in [0.25, 0.3) is 0 Å². The SMILES string of the molecule is Cc1c2c(c(CC(C)(C)C)c3ccccc13)Sc1cc3c[c]([Ge]([CH3])([CH3])[CH3])ccc3c3cc[n+](C)c-2c13. The Bertz CT molecular complexity index is 1720. The Morgan fingerprint density at radius 3 is 2.28 bits per heavy atom. The molecule has 0 N–H and O–H groups in total. The zero-order valence-electron chi connectivity index (χ0n) is 22.8. The van der Waals surface area contributed by atoms with Gasteiger partial charge < -0.3 is 0 Å². The first-order valence-electron chi connectivity index (χ1n) is 13.1. The zero-order chi connectivity index (χ0) is 25.6. The molecule has 0 radical (unpaired) electrons. The molecule has 2 heterocycles. The Labute approximate surface area is 222 Å². The van der Waals surface area contributed by atoms with E-state index >= 15 is 0 Å². The van der Waals surface area contributed by atoms with Gasteiger partial charge in [-0.25, -0.2) is 0 Å². The van der Waals surface area contributed by atoms with Gasteiger partial charge in [-0.1, -0.05) is 0 Å². The fourth-order valence-corrected chi connectivity index (χ4v) is 9.81. The number of fused-ring (bicyclic) bond motifs is 5. The van der Waals surface area contributed by atoms with Gasteiger partial charge in [-0.2, -0.15) is 0 Å². The number of hydrogen-bond acceptors (Lipinski definition) is 1. The second-order valence-electron chi connectivity index (χ2n) is 12.8. The molecule has 1 aliphatic heterocycles. The molecule has 0 saturated heterocycles. The van der Waals surface area contributed by atoms with E-state index < -0.39 is 13.3 Å². The number of benzene rings is 4. The van der Waals surface area contributed by atoms with Crippen LogP contribution in [0.4, 0.5) is 0 Å². The zero-order valence-corrected chi connectivity index (χ0v) is 25.8. The second kappa shape index (κ2) is 8.10. The Kier molecular flexibility index (Phi) is 5.41. The molecule has 36 heavy (non-hydrogen) atoms. The van der Waals surface area contributed by atoms with Gasteiger partial charge in [-0.3, -0.25) is 0 Å². The van der Waals surface area contributed by atoms with E-state index in [4.69, 9.17) is 0 Å². The number of nitrogens with zero attached hydrogens (tertiary/aromatic N) is 1. The van der Waals surface area contributed by atoms with E-state index in [1.807, 2.05) is 11.8 Å². The fraction of sp³-hybridized carbons (Fsp3) is 0.303. The maximum atomic E-state index is 2.50. The summed E-state index contributed by atoms with van der Waals surface area (Å²) < 4.78 is 3.93. The first kappa shape index (κ1) is 24.1. The molecular weight excluding hydrogens is 515 g/mol. The standard InChI is InChI=1S/C33H36GeNS/c1-20-23-11-9-10-12-25(23)27(19-33(2,3)4)32-29(20)31-30-26(15-16-35(31)8)24-14-13-22(34(5,6)7)17-21(24)18-28(30)36-32/h9-18H,19H2,1-8H3/q+1. The van der Waals surface area contributed by atoms with E-state index in [1.165, 1.54) is 64.5 Å². The van der Waals surface area contributed by atoms with Gasteiger partial charge in [0.2, 0.25) is 0 Å². The predicted molar refractivity (Wildman–Crippen MR) is 161 cm³/mol. The molecule has 0 atom stereocenters. The van der Waals surface area contributed by atoms with Crippen LogP contribution in [0.2, 0.25) is 17.3 Å². The summed E-state index contributed by atoms with van der Waals surface area (Å²) >= 11 is 0.0832. The summed E-state index contributed by atoms with van der Waals surface area (Å²) in [5.74, 6) is 7.46. The van der Waals surface area contributed by atoms with Crippen LogP contribution in [-0.4, -0.2) is 13.3 Å². The molecule has 0 saturated carbocycles. The molecule has 0 aliphatic carbocycles. The van der Waals surface area contributed by atoms with Crippen LogP contribution in [0.25, 0.3) is 43.6 Å². The van der Waals surface area contributed by atoms with Crippen molar-refractivity contribution in [2.75, 3.05) is 0 Å². The molecule has 1 aliphatic rings. The van der Waals surface area contributed by atoms with Crippen LogP contribution in [0.1, 0.15) is 31.9 Å². The van der Waals surface area contributed by atoms with E-state index in [-0.39, 0.29) is 5.41 Å². The van der Waals surface area contributed by atoms with Crippen LogP contribution in [-0.2, 0) is 13.5 Å². The predicted octanol–water partition coefficient (Wildman–Crippen LogP) is 8.54. The van der Waals surface area contributed by atoms with Crippen molar-refractivity contribution in [1.29, 1.82) is 0 Å². The van der Waals surface area contributed by atoms with Crippen LogP contribution in [0, 0.1) is 12.3 Å². The van der Waals surface area contributed by atoms with Crippen molar-refractivity contribution < 1.29 is 4.57 Å². The van der Waals surface area contributed by atoms with Crippen molar-refractivity contribution in [3.63, 3.8) is 0 Å². The van der Waals surface area contributed by atoms with E-state index in [9.17, 15) is 0 Å². The molecule has 0 fully saturated rings. The number of aromatic nitrogens is 1. The van der Waals surface area contributed by atoms with Gasteiger partial charge in [0.1, 0.15) is 0 Å². The molecule has 4 aromatic carbocycles. The quantitative estimate of drug-likeness (QED) is 0.119. The van der Waals surface area contributed by atoms with Crippen LogP contribution in [0.3, 0.4) is 0 Å². The Balaban J connectivity index is 1.76. The Hall–Kier alpha value is -2.30. The molecule has 1 aromatic heterocycles. The van der Waals surface area contributed by atoms with Crippen molar-refractivity contribution in [2.45, 2.75) is 61.2 Å². The van der Waals surface area contributed by atoms with Crippen molar-refractivity contribution in [3.05, 3.63) is 71.9 Å². The molecule has 1 nitrogen and oxygen atoms in total. The number of aryl methyl sites for hydroxylation is 2.